The van der Waals surface area contributed by atoms with Gasteiger partial charge in [0.05, 0.1) is 5.56 Å². The standard InChI is InChI=1S/C14H18O2S/c15-14(16)13-7-5-12(6-8-13)10-17-9-11-3-1-2-4-11/h5-8,11H,1-4,9-10H2,(H,15,16). The molecule has 2 nitrogen and oxygen atoms in total. The van der Waals surface area contributed by atoms with Crippen molar-refractivity contribution in [3.63, 3.8) is 0 Å². The Balaban J connectivity index is 1.76. The molecular weight excluding hydrogens is 232 g/mol. The van der Waals surface area contributed by atoms with Crippen molar-refractivity contribution >= 4 is 17.7 Å². The maximum absolute atomic E-state index is 10.7. The molecule has 1 aromatic rings. The van der Waals surface area contributed by atoms with Crippen molar-refractivity contribution in [3.05, 3.63) is 35.4 Å². The van der Waals surface area contributed by atoms with Gasteiger partial charge in [-0.15, -0.1) is 0 Å². The van der Waals surface area contributed by atoms with Crippen molar-refractivity contribution in [3.8, 4) is 0 Å². The van der Waals surface area contributed by atoms with Gasteiger partial charge < -0.3 is 5.11 Å². The lowest BCUT2D eigenvalue weighted by Crippen LogP contribution is -1.98. The second-order valence-electron chi connectivity index (χ2n) is 4.67. The lowest BCUT2D eigenvalue weighted by atomic mass is 10.1. The number of aromatic carboxylic acids is 1. The van der Waals surface area contributed by atoms with E-state index in [9.17, 15) is 4.79 Å². The molecule has 1 fully saturated rings. The second kappa shape index (κ2) is 6.10. The van der Waals surface area contributed by atoms with Crippen LogP contribution < -0.4 is 0 Å². The van der Waals surface area contributed by atoms with Gasteiger partial charge in [-0.05, 0) is 42.2 Å². The molecule has 2 rings (SSSR count). The summed E-state index contributed by atoms with van der Waals surface area (Å²) in [6, 6.07) is 7.22. The Kier molecular flexibility index (Phi) is 4.49. The Morgan fingerprint density at radius 3 is 2.47 bits per heavy atom. The summed E-state index contributed by atoms with van der Waals surface area (Å²) in [5.41, 5.74) is 1.59. The molecule has 0 aromatic heterocycles. The molecule has 0 unspecified atom stereocenters. The number of carboxylic acids is 1. The number of thioether (sulfide) groups is 1. The van der Waals surface area contributed by atoms with Gasteiger partial charge in [-0.3, -0.25) is 0 Å². The summed E-state index contributed by atoms with van der Waals surface area (Å²) in [5.74, 6) is 2.31. The van der Waals surface area contributed by atoms with Crippen molar-refractivity contribution in [1.29, 1.82) is 0 Å². The van der Waals surface area contributed by atoms with E-state index in [1.807, 2.05) is 23.9 Å². The van der Waals surface area contributed by atoms with Gasteiger partial charge in [0.15, 0.2) is 0 Å². The fourth-order valence-electron chi connectivity index (χ4n) is 2.26. The summed E-state index contributed by atoms with van der Waals surface area (Å²) in [4.78, 5) is 10.7. The highest BCUT2D eigenvalue weighted by Crippen LogP contribution is 2.29. The molecule has 1 aromatic carbocycles. The fourth-order valence-corrected chi connectivity index (χ4v) is 3.48. The first-order chi connectivity index (χ1) is 8.25. The monoisotopic (exact) mass is 250 g/mol. The van der Waals surface area contributed by atoms with Crippen LogP contribution in [0, 0.1) is 5.92 Å². The highest BCUT2D eigenvalue weighted by Gasteiger charge is 2.14. The van der Waals surface area contributed by atoms with E-state index in [0.29, 0.717) is 5.56 Å². The van der Waals surface area contributed by atoms with E-state index >= 15 is 0 Å². The van der Waals surface area contributed by atoms with E-state index in [1.54, 1.807) is 12.1 Å². The van der Waals surface area contributed by atoms with Crippen molar-refractivity contribution in [2.24, 2.45) is 5.92 Å². The molecule has 1 N–H and O–H groups in total. The van der Waals surface area contributed by atoms with E-state index in [-0.39, 0.29) is 0 Å². The average Bonchev–Trinajstić information content (AvgIpc) is 2.83. The largest absolute Gasteiger partial charge is 0.478 e. The van der Waals surface area contributed by atoms with Gasteiger partial charge in [-0.2, -0.15) is 11.8 Å². The normalized spacial score (nSPS) is 16.2. The molecule has 3 heteroatoms. The van der Waals surface area contributed by atoms with Crippen LogP contribution in [0.4, 0.5) is 0 Å². The quantitative estimate of drug-likeness (QED) is 0.863. The van der Waals surface area contributed by atoms with Gasteiger partial charge in [-0.1, -0.05) is 25.0 Å². The van der Waals surface area contributed by atoms with Crippen molar-refractivity contribution in [2.45, 2.75) is 31.4 Å². The summed E-state index contributed by atoms with van der Waals surface area (Å²) in [5, 5.41) is 8.79. The van der Waals surface area contributed by atoms with Crippen molar-refractivity contribution < 1.29 is 9.90 Å². The molecular formula is C14H18O2S. The highest BCUT2D eigenvalue weighted by molar-refractivity contribution is 7.98. The molecule has 92 valence electrons. The third-order valence-corrected chi connectivity index (χ3v) is 4.54. The van der Waals surface area contributed by atoms with Gasteiger partial charge in [0, 0.05) is 5.75 Å². The summed E-state index contributed by atoms with van der Waals surface area (Å²) in [7, 11) is 0. The van der Waals surface area contributed by atoms with Crippen molar-refractivity contribution in [1.82, 2.24) is 0 Å². The Hall–Kier alpha value is -0.960. The molecule has 0 saturated heterocycles. The summed E-state index contributed by atoms with van der Waals surface area (Å²) < 4.78 is 0. The minimum absolute atomic E-state index is 0.370. The summed E-state index contributed by atoms with van der Waals surface area (Å²) in [6.07, 6.45) is 5.59. The molecule has 0 spiro atoms. The fraction of sp³-hybridized carbons (Fsp3) is 0.500. The smallest absolute Gasteiger partial charge is 0.335 e. The Morgan fingerprint density at radius 1 is 1.24 bits per heavy atom. The van der Waals surface area contributed by atoms with Gasteiger partial charge in [0.1, 0.15) is 0 Å². The van der Waals surface area contributed by atoms with Gasteiger partial charge in [0.2, 0.25) is 0 Å². The van der Waals surface area contributed by atoms with Gasteiger partial charge in [0.25, 0.3) is 0 Å². The van der Waals surface area contributed by atoms with E-state index < -0.39 is 5.97 Å². The first-order valence-electron chi connectivity index (χ1n) is 6.15. The van der Waals surface area contributed by atoms with Gasteiger partial charge in [-0.25, -0.2) is 4.79 Å². The zero-order chi connectivity index (χ0) is 12.1. The molecule has 17 heavy (non-hydrogen) atoms. The highest BCUT2D eigenvalue weighted by atomic mass is 32.2. The van der Waals surface area contributed by atoms with Crippen LogP contribution in [-0.2, 0) is 5.75 Å². The third kappa shape index (κ3) is 3.77. The summed E-state index contributed by atoms with van der Waals surface area (Å²) >= 11 is 1.97. The van der Waals surface area contributed by atoms with Crippen LogP contribution in [0.2, 0.25) is 0 Å². The minimum Gasteiger partial charge on any atom is -0.478 e. The first-order valence-corrected chi connectivity index (χ1v) is 7.31. The molecule has 0 aliphatic heterocycles. The molecule has 0 bridgehead atoms. The molecule has 1 aliphatic carbocycles. The van der Waals surface area contributed by atoms with E-state index in [4.69, 9.17) is 5.11 Å². The zero-order valence-corrected chi connectivity index (χ0v) is 10.7. The predicted molar refractivity (Wildman–Crippen MR) is 71.5 cm³/mol. The Labute approximate surface area is 106 Å². The number of benzene rings is 1. The van der Waals surface area contributed by atoms with Crippen LogP contribution in [0.1, 0.15) is 41.6 Å². The molecule has 0 atom stereocenters. The first kappa shape index (κ1) is 12.5. The van der Waals surface area contributed by atoms with Crippen LogP contribution in [0.25, 0.3) is 0 Å². The number of carboxylic acid groups (broad SMARTS) is 1. The van der Waals surface area contributed by atoms with Gasteiger partial charge >= 0.3 is 5.97 Å². The number of carbonyl (C=O) groups is 1. The van der Waals surface area contributed by atoms with Crippen LogP contribution in [0.3, 0.4) is 0 Å². The maximum Gasteiger partial charge on any atom is 0.335 e. The second-order valence-corrected chi connectivity index (χ2v) is 5.70. The topological polar surface area (TPSA) is 37.3 Å². The van der Waals surface area contributed by atoms with Crippen molar-refractivity contribution in [2.75, 3.05) is 5.75 Å². The lowest BCUT2D eigenvalue weighted by Gasteiger charge is -2.08. The zero-order valence-electron chi connectivity index (χ0n) is 9.89. The lowest BCUT2D eigenvalue weighted by molar-refractivity contribution is 0.0697. The molecule has 0 heterocycles. The van der Waals surface area contributed by atoms with E-state index in [1.165, 1.54) is 37.0 Å². The Bertz CT molecular complexity index is 366. The Morgan fingerprint density at radius 2 is 1.88 bits per heavy atom. The molecule has 1 aliphatic rings. The minimum atomic E-state index is -0.852. The SMILES string of the molecule is O=C(O)c1ccc(CSCC2CCCC2)cc1. The predicted octanol–water partition coefficient (Wildman–Crippen LogP) is 3.81. The number of hydrogen-bond acceptors (Lipinski definition) is 2. The maximum atomic E-state index is 10.7. The van der Waals surface area contributed by atoms with Crippen LogP contribution in [-0.4, -0.2) is 16.8 Å². The third-order valence-electron chi connectivity index (χ3n) is 3.30. The number of rotatable bonds is 5. The molecule has 0 amide bonds. The van der Waals surface area contributed by atoms with Crippen LogP contribution >= 0.6 is 11.8 Å². The number of hydrogen-bond donors (Lipinski definition) is 1. The van der Waals surface area contributed by atoms with Crippen LogP contribution in [0.5, 0.6) is 0 Å². The van der Waals surface area contributed by atoms with E-state index in [0.717, 1.165) is 11.7 Å². The summed E-state index contributed by atoms with van der Waals surface area (Å²) in [6.45, 7) is 0. The van der Waals surface area contributed by atoms with E-state index in [2.05, 4.69) is 0 Å². The molecule has 1 saturated carbocycles. The van der Waals surface area contributed by atoms with Crippen LogP contribution in [0.15, 0.2) is 24.3 Å². The average molecular weight is 250 g/mol. The molecule has 0 radical (unpaired) electrons.